The molecular weight excluding hydrogens is 316 g/mol. The fourth-order valence-electron chi connectivity index (χ4n) is 6.31. The fourth-order valence-corrected chi connectivity index (χ4v) is 6.31. The number of carbonyl (C=O) groups is 2. The fraction of sp³-hybridized carbons (Fsp3) is 0.810. The minimum absolute atomic E-state index is 0.168. The molecule has 5 saturated carbocycles. The molecule has 0 aromatic heterocycles. The summed E-state index contributed by atoms with van der Waals surface area (Å²) in [5.41, 5.74) is -0.500. The quantitative estimate of drug-likeness (QED) is 0.549. The number of hydrogen-bond donors (Lipinski definition) is 0. The number of hydrogen-bond acceptors (Lipinski definition) is 4. The third-order valence-electron chi connectivity index (χ3n) is 6.95. The summed E-state index contributed by atoms with van der Waals surface area (Å²) in [6, 6.07) is 0. The second kappa shape index (κ2) is 6.14. The Morgan fingerprint density at radius 3 is 1.96 bits per heavy atom. The Hall–Kier alpha value is -1.32. The molecule has 0 saturated heterocycles. The highest BCUT2D eigenvalue weighted by Gasteiger charge is 2.53. The second-order valence-corrected chi connectivity index (χ2v) is 9.31. The molecule has 138 valence electrons. The van der Waals surface area contributed by atoms with Crippen molar-refractivity contribution in [3.63, 3.8) is 0 Å². The van der Waals surface area contributed by atoms with Gasteiger partial charge in [-0.2, -0.15) is 0 Å². The molecular formula is C21H30O4. The van der Waals surface area contributed by atoms with Crippen LogP contribution in [0.4, 0.5) is 0 Å². The average molecular weight is 346 g/mol. The van der Waals surface area contributed by atoms with Crippen LogP contribution in [-0.2, 0) is 19.1 Å². The van der Waals surface area contributed by atoms with Gasteiger partial charge < -0.3 is 9.47 Å². The van der Waals surface area contributed by atoms with E-state index in [2.05, 4.69) is 6.58 Å². The molecule has 0 aliphatic heterocycles. The maximum absolute atomic E-state index is 12.8. The van der Waals surface area contributed by atoms with Gasteiger partial charge in [-0.05, 0) is 88.9 Å². The summed E-state index contributed by atoms with van der Waals surface area (Å²) in [4.78, 5) is 24.8. The van der Waals surface area contributed by atoms with Crippen molar-refractivity contribution in [3.8, 4) is 0 Å². The molecule has 5 fully saturated rings. The topological polar surface area (TPSA) is 52.6 Å². The molecule has 0 aromatic rings. The minimum atomic E-state index is -0.671. The van der Waals surface area contributed by atoms with Gasteiger partial charge in [-0.3, -0.25) is 4.79 Å². The van der Waals surface area contributed by atoms with E-state index < -0.39 is 5.60 Å². The van der Waals surface area contributed by atoms with Crippen LogP contribution in [0.15, 0.2) is 12.2 Å². The van der Waals surface area contributed by atoms with Gasteiger partial charge in [-0.15, -0.1) is 0 Å². The molecule has 25 heavy (non-hydrogen) atoms. The van der Waals surface area contributed by atoms with Gasteiger partial charge in [0.15, 0.2) is 0 Å². The zero-order valence-electron chi connectivity index (χ0n) is 15.4. The first-order valence-corrected chi connectivity index (χ1v) is 9.98. The molecule has 0 atom stereocenters. The molecule has 4 nitrogen and oxygen atoms in total. The summed E-state index contributed by atoms with van der Waals surface area (Å²) >= 11 is 0. The largest absolute Gasteiger partial charge is 0.459 e. The van der Waals surface area contributed by atoms with Gasteiger partial charge in [-0.25, -0.2) is 4.79 Å². The van der Waals surface area contributed by atoms with Crippen molar-refractivity contribution >= 4 is 11.9 Å². The summed E-state index contributed by atoms with van der Waals surface area (Å²) in [5.74, 6) is 1.70. The molecule has 0 amide bonds. The number of ether oxygens (including phenoxy) is 2. The van der Waals surface area contributed by atoms with Crippen LogP contribution in [0.25, 0.3) is 0 Å². The molecule has 4 bridgehead atoms. The lowest BCUT2D eigenvalue weighted by Crippen LogP contribution is -2.53. The maximum atomic E-state index is 12.8. The molecule has 0 unspecified atom stereocenters. The predicted octanol–water partition coefficient (Wildman–Crippen LogP) is 4.32. The van der Waals surface area contributed by atoms with Crippen LogP contribution in [0.1, 0.15) is 77.6 Å². The lowest BCUT2D eigenvalue weighted by Gasteiger charge is -2.55. The van der Waals surface area contributed by atoms with Crippen molar-refractivity contribution < 1.29 is 19.1 Å². The van der Waals surface area contributed by atoms with E-state index in [4.69, 9.17) is 9.47 Å². The zero-order chi connectivity index (χ0) is 17.7. The Labute approximate surface area is 150 Å². The molecule has 4 heteroatoms. The molecule has 0 spiro atoms. The Bertz CT molecular complexity index is 549. The maximum Gasteiger partial charge on any atom is 0.333 e. The van der Waals surface area contributed by atoms with Crippen molar-refractivity contribution in [2.45, 2.75) is 88.8 Å². The van der Waals surface area contributed by atoms with E-state index in [1.54, 1.807) is 6.92 Å². The molecule has 5 aliphatic carbocycles. The van der Waals surface area contributed by atoms with Gasteiger partial charge >= 0.3 is 11.9 Å². The SMILES string of the molecule is C=C(C)C(=O)OC1(CC(=O)OC23CC4CC(CC(C4)C2)C3)CCCC1. The summed E-state index contributed by atoms with van der Waals surface area (Å²) in [7, 11) is 0. The Morgan fingerprint density at radius 2 is 1.48 bits per heavy atom. The van der Waals surface area contributed by atoms with E-state index in [-0.39, 0.29) is 24.0 Å². The first-order chi connectivity index (χ1) is 11.9. The van der Waals surface area contributed by atoms with Crippen molar-refractivity contribution in [2.75, 3.05) is 0 Å². The number of esters is 2. The zero-order valence-corrected chi connectivity index (χ0v) is 15.4. The van der Waals surface area contributed by atoms with Gasteiger partial charge in [0.25, 0.3) is 0 Å². The summed E-state index contributed by atoms with van der Waals surface area (Å²) in [6.45, 7) is 5.32. The van der Waals surface area contributed by atoms with Gasteiger partial charge in [0.1, 0.15) is 11.2 Å². The second-order valence-electron chi connectivity index (χ2n) is 9.31. The van der Waals surface area contributed by atoms with Crippen molar-refractivity contribution in [3.05, 3.63) is 12.2 Å². The van der Waals surface area contributed by atoms with Gasteiger partial charge in [0, 0.05) is 5.57 Å². The predicted molar refractivity (Wildman–Crippen MR) is 93.7 cm³/mol. The van der Waals surface area contributed by atoms with E-state index in [0.717, 1.165) is 62.7 Å². The van der Waals surface area contributed by atoms with Crippen LogP contribution < -0.4 is 0 Å². The number of carbonyl (C=O) groups excluding carboxylic acids is 2. The Kier molecular flexibility index (Phi) is 4.20. The Morgan fingerprint density at radius 1 is 0.960 bits per heavy atom. The van der Waals surface area contributed by atoms with Crippen LogP contribution in [0.5, 0.6) is 0 Å². The third kappa shape index (κ3) is 3.37. The van der Waals surface area contributed by atoms with Crippen LogP contribution in [-0.4, -0.2) is 23.1 Å². The molecule has 0 aromatic carbocycles. The molecule has 0 heterocycles. The first kappa shape index (κ1) is 17.1. The molecule has 5 aliphatic rings. The van der Waals surface area contributed by atoms with Gasteiger partial charge in [0.2, 0.25) is 0 Å². The molecule has 5 rings (SSSR count). The molecule has 0 radical (unpaired) electrons. The molecule has 0 N–H and O–H groups in total. The highest BCUT2D eigenvalue weighted by Crippen LogP contribution is 2.57. The lowest BCUT2D eigenvalue weighted by molar-refractivity contribution is -0.192. The summed E-state index contributed by atoms with van der Waals surface area (Å²) in [6.07, 6.45) is 10.8. The Balaban J connectivity index is 1.42. The van der Waals surface area contributed by atoms with E-state index >= 15 is 0 Å². The summed E-state index contributed by atoms with van der Waals surface area (Å²) in [5, 5.41) is 0. The average Bonchev–Trinajstić information content (AvgIpc) is 2.92. The van der Waals surface area contributed by atoms with Crippen LogP contribution in [0, 0.1) is 17.8 Å². The highest BCUT2D eigenvalue weighted by atomic mass is 16.6. The monoisotopic (exact) mass is 346 g/mol. The first-order valence-electron chi connectivity index (χ1n) is 9.98. The minimum Gasteiger partial charge on any atom is -0.459 e. The van der Waals surface area contributed by atoms with E-state index in [9.17, 15) is 9.59 Å². The third-order valence-corrected chi connectivity index (χ3v) is 6.95. The van der Waals surface area contributed by atoms with Crippen molar-refractivity contribution in [1.82, 2.24) is 0 Å². The van der Waals surface area contributed by atoms with E-state index in [1.807, 2.05) is 0 Å². The van der Waals surface area contributed by atoms with E-state index in [1.165, 1.54) is 19.3 Å². The van der Waals surface area contributed by atoms with Crippen molar-refractivity contribution in [2.24, 2.45) is 17.8 Å². The van der Waals surface area contributed by atoms with Crippen molar-refractivity contribution in [1.29, 1.82) is 0 Å². The van der Waals surface area contributed by atoms with Gasteiger partial charge in [0.05, 0.1) is 6.42 Å². The smallest absolute Gasteiger partial charge is 0.333 e. The highest BCUT2D eigenvalue weighted by molar-refractivity contribution is 5.87. The summed E-state index contributed by atoms with van der Waals surface area (Å²) < 4.78 is 11.8. The van der Waals surface area contributed by atoms with E-state index in [0.29, 0.717) is 5.57 Å². The normalized spacial score (nSPS) is 37.7. The van der Waals surface area contributed by atoms with Crippen LogP contribution in [0.3, 0.4) is 0 Å². The van der Waals surface area contributed by atoms with Crippen LogP contribution >= 0.6 is 0 Å². The number of rotatable bonds is 5. The van der Waals surface area contributed by atoms with Crippen LogP contribution in [0.2, 0.25) is 0 Å². The standard InChI is InChI=1S/C21H30O4/c1-14(2)19(23)25-20(5-3-4-6-20)13-18(22)24-21-10-15-7-16(11-21)9-17(8-15)12-21/h15-17H,1,3-13H2,2H3. The lowest BCUT2D eigenvalue weighted by atomic mass is 9.54. The van der Waals surface area contributed by atoms with Gasteiger partial charge in [-0.1, -0.05) is 6.58 Å².